The molecular weight excluding hydrogens is 468 g/mol. The predicted molar refractivity (Wildman–Crippen MR) is 131 cm³/mol. The van der Waals surface area contributed by atoms with Gasteiger partial charge in [-0.3, -0.25) is 19.2 Å². The zero-order valence-electron chi connectivity index (χ0n) is 19.0. The highest BCUT2D eigenvalue weighted by Crippen LogP contribution is 2.29. The summed E-state index contributed by atoms with van der Waals surface area (Å²) in [6.45, 7) is 1.38. The lowest BCUT2D eigenvalue weighted by Gasteiger charge is -2.28. The Kier molecular flexibility index (Phi) is 7.27. The molecule has 3 amide bonds. The van der Waals surface area contributed by atoms with Crippen LogP contribution in [-0.4, -0.2) is 34.6 Å². The molecule has 35 heavy (non-hydrogen) atoms. The second kappa shape index (κ2) is 10.5. The first kappa shape index (κ1) is 24.2. The number of amides is 3. The molecule has 1 fully saturated rings. The van der Waals surface area contributed by atoms with Crippen LogP contribution in [0.3, 0.4) is 0 Å². The third-order valence-corrected chi connectivity index (χ3v) is 6.04. The zero-order valence-corrected chi connectivity index (χ0v) is 19.8. The number of hydrogen-bond donors (Lipinski definition) is 0. The molecule has 8 heteroatoms. The number of rotatable bonds is 7. The fourth-order valence-corrected chi connectivity index (χ4v) is 4.21. The maximum absolute atomic E-state index is 13.4. The highest BCUT2D eigenvalue weighted by atomic mass is 35.5. The minimum absolute atomic E-state index is 0.0837. The van der Waals surface area contributed by atoms with Gasteiger partial charge in [-0.2, -0.15) is 0 Å². The first-order valence-corrected chi connectivity index (χ1v) is 11.4. The molecule has 1 saturated heterocycles. The van der Waals surface area contributed by atoms with Gasteiger partial charge in [0.1, 0.15) is 11.8 Å². The van der Waals surface area contributed by atoms with Crippen molar-refractivity contribution in [3.8, 4) is 5.75 Å². The van der Waals surface area contributed by atoms with Gasteiger partial charge in [-0.05, 0) is 41.5 Å². The predicted octanol–water partition coefficient (Wildman–Crippen LogP) is 4.17. The third-order valence-electron chi connectivity index (χ3n) is 5.67. The maximum Gasteiger partial charge on any atom is 0.308 e. The molecule has 0 saturated carbocycles. The van der Waals surface area contributed by atoms with Crippen LogP contribution in [-0.2, 0) is 32.1 Å². The summed E-state index contributed by atoms with van der Waals surface area (Å²) in [5.74, 6) is -1.37. The number of carbonyl (C=O) groups is 4. The van der Waals surface area contributed by atoms with Gasteiger partial charge in [0.2, 0.25) is 11.8 Å². The van der Waals surface area contributed by atoms with Gasteiger partial charge >= 0.3 is 5.97 Å². The SMILES string of the molecule is CC(=O)Oc1ccc(N2C(=O)CC(N(Cc3ccccc3Cl)C(=O)Cc3ccccc3)C2=O)cc1. The van der Waals surface area contributed by atoms with Crippen molar-refractivity contribution in [2.75, 3.05) is 4.90 Å². The molecule has 7 nitrogen and oxygen atoms in total. The fourth-order valence-electron chi connectivity index (χ4n) is 4.01. The molecule has 0 aliphatic carbocycles. The Balaban J connectivity index is 1.61. The molecule has 0 spiro atoms. The Hall–Kier alpha value is -3.97. The van der Waals surface area contributed by atoms with Crippen molar-refractivity contribution in [2.45, 2.75) is 32.4 Å². The molecule has 1 aliphatic heterocycles. The highest BCUT2D eigenvalue weighted by molar-refractivity contribution is 6.31. The van der Waals surface area contributed by atoms with Crippen molar-refractivity contribution in [2.24, 2.45) is 0 Å². The van der Waals surface area contributed by atoms with Crippen molar-refractivity contribution in [3.63, 3.8) is 0 Å². The van der Waals surface area contributed by atoms with Crippen molar-refractivity contribution in [1.82, 2.24) is 4.90 Å². The smallest absolute Gasteiger partial charge is 0.308 e. The zero-order chi connectivity index (χ0) is 24.9. The highest BCUT2D eigenvalue weighted by Gasteiger charge is 2.44. The minimum atomic E-state index is -0.969. The van der Waals surface area contributed by atoms with E-state index in [-0.39, 0.29) is 25.3 Å². The van der Waals surface area contributed by atoms with Gasteiger partial charge in [0, 0.05) is 18.5 Å². The lowest BCUT2D eigenvalue weighted by atomic mass is 10.1. The summed E-state index contributed by atoms with van der Waals surface area (Å²) in [6, 6.07) is 21.4. The van der Waals surface area contributed by atoms with E-state index in [0.29, 0.717) is 22.0 Å². The standard InChI is InChI=1S/C27H23ClN2O5/c1-18(31)35-22-13-11-21(12-14-22)30-26(33)16-24(27(30)34)29(17-20-9-5-6-10-23(20)28)25(32)15-19-7-3-2-4-8-19/h2-14,24H,15-17H2,1H3. The van der Waals surface area contributed by atoms with Crippen LogP contribution in [0.4, 0.5) is 5.69 Å². The van der Waals surface area contributed by atoms with Crippen LogP contribution in [0, 0.1) is 0 Å². The monoisotopic (exact) mass is 490 g/mol. The van der Waals surface area contributed by atoms with Crippen LogP contribution in [0.5, 0.6) is 5.75 Å². The Morgan fingerprint density at radius 1 is 0.971 bits per heavy atom. The number of imide groups is 1. The van der Waals surface area contributed by atoms with E-state index in [1.165, 1.54) is 36.1 Å². The van der Waals surface area contributed by atoms with Gasteiger partial charge < -0.3 is 9.64 Å². The van der Waals surface area contributed by atoms with Crippen LogP contribution in [0.15, 0.2) is 78.9 Å². The van der Waals surface area contributed by atoms with E-state index in [1.807, 2.05) is 30.3 Å². The Bertz CT molecular complexity index is 1260. The van der Waals surface area contributed by atoms with Crippen LogP contribution >= 0.6 is 11.6 Å². The molecule has 178 valence electrons. The lowest BCUT2D eigenvalue weighted by Crippen LogP contribution is -2.45. The first-order chi connectivity index (χ1) is 16.8. The van der Waals surface area contributed by atoms with Crippen LogP contribution in [0.25, 0.3) is 0 Å². The van der Waals surface area contributed by atoms with E-state index in [0.717, 1.165) is 10.5 Å². The molecule has 4 rings (SSSR count). The molecule has 0 bridgehead atoms. The van der Waals surface area contributed by atoms with Gasteiger partial charge in [-0.1, -0.05) is 60.1 Å². The molecule has 3 aromatic carbocycles. The molecule has 0 radical (unpaired) electrons. The van der Waals surface area contributed by atoms with Crippen LogP contribution < -0.4 is 9.64 Å². The van der Waals surface area contributed by atoms with Crippen LogP contribution in [0.2, 0.25) is 5.02 Å². The second-order valence-corrected chi connectivity index (χ2v) is 8.56. The number of benzene rings is 3. The number of esters is 1. The normalized spacial score (nSPS) is 15.3. The molecule has 1 aliphatic rings. The van der Waals surface area contributed by atoms with Gasteiger partial charge in [-0.25, -0.2) is 4.90 Å². The molecule has 0 N–H and O–H groups in total. The Labute approximate surface area is 207 Å². The number of hydrogen-bond acceptors (Lipinski definition) is 5. The van der Waals surface area contributed by atoms with Crippen molar-refractivity contribution >= 4 is 41.0 Å². The minimum Gasteiger partial charge on any atom is -0.427 e. The second-order valence-electron chi connectivity index (χ2n) is 8.15. The quantitative estimate of drug-likeness (QED) is 0.282. The summed E-state index contributed by atoms with van der Waals surface area (Å²) in [5.41, 5.74) is 1.82. The number of anilines is 1. The molecule has 1 heterocycles. The van der Waals surface area contributed by atoms with Gasteiger partial charge in [0.15, 0.2) is 0 Å². The number of carbonyl (C=O) groups excluding carboxylic acids is 4. The molecular formula is C27H23ClN2O5. The van der Waals surface area contributed by atoms with E-state index in [2.05, 4.69) is 0 Å². The Morgan fingerprint density at radius 2 is 1.63 bits per heavy atom. The van der Waals surface area contributed by atoms with Gasteiger partial charge in [0.05, 0.1) is 18.5 Å². The molecule has 1 unspecified atom stereocenters. The summed E-state index contributed by atoms with van der Waals surface area (Å²) in [4.78, 5) is 53.4. The summed E-state index contributed by atoms with van der Waals surface area (Å²) in [5, 5.41) is 0.472. The van der Waals surface area contributed by atoms with Crippen molar-refractivity contribution in [3.05, 3.63) is 95.0 Å². The number of halogens is 1. The topological polar surface area (TPSA) is 84.0 Å². The number of ether oxygens (including phenoxy) is 1. The largest absolute Gasteiger partial charge is 0.427 e. The maximum atomic E-state index is 13.4. The van der Waals surface area contributed by atoms with E-state index in [4.69, 9.17) is 16.3 Å². The summed E-state index contributed by atoms with van der Waals surface area (Å²) >= 11 is 6.34. The average molecular weight is 491 g/mol. The van der Waals surface area contributed by atoms with E-state index >= 15 is 0 Å². The van der Waals surface area contributed by atoms with Crippen LogP contribution in [0.1, 0.15) is 24.5 Å². The summed E-state index contributed by atoms with van der Waals surface area (Å²) in [6.07, 6.45) is -0.0597. The molecule has 0 aromatic heterocycles. The van der Waals surface area contributed by atoms with E-state index in [9.17, 15) is 19.2 Å². The van der Waals surface area contributed by atoms with E-state index < -0.39 is 23.8 Å². The summed E-state index contributed by atoms with van der Waals surface area (Å²) in [7, 11) is 0. The first-order valence-electron chi connectivity index (χ1n) is 11.1. The summed E-state index contributed by atoms with van der Waals surface area (Å²) < 4.78 is 5.02. The number of nitrogens with zero attached hydrogens (tertiary/aromatic N) is 2. The third kappa shape index (κ3) is 5.58. The van der Waals surface area contributed by atoms with Crippen molar-refractivity contribution < 1.29 is 23.9 Å². The van der Waals surface area contributed by atoms with Crippen molar-refractivity contribution in [1.29, 1.82) is 0 Å². The van der Waals surface area contributed by atoms with E-state index in [1.54, 1.807) is 24.3 Å². The Morgan fingerprint density at radius 3 is 2.29 bits per heavy atom. The molecule has 3 aromatic rings. The van der Waals surface area contributed by atoms with Gasteiger partial charge in [0.25, 0.3) is 5.91 Å². The van der Waals surface area contributed by atoms with Gasteiger partial charge in [-0.15, -0.1) is 0 Å². The molecule has 1 atom stereocenters. The average Bonchev–Trinajstić information content (AvgIpc) is 3.12. The fraction of sp³-hybridized carbons (Fsp3) is 0.185. The lowest BCUT2D eigenvalue weighted by molar-refractivity contribution is -0.138.